The van der Waals surface area contributed by atoms with Crippen LogP contribution in [-0.4, -0.2) is 45.4 Å². The van der Waals surface area contributed by atoms with Crippen LogP contribution in [0.25, 0.3) is 0 Å². The van der Waals surface area contributed by atoms with Crippen LogP contribution in [0.2, 0.25) is 0 Å². The molecule has 2 heterocycles. The zero-order chi connectivity index (χ0) is 10.9. The number of hydrogen-bond acceptors (Lipinski definition) is 3. The van der Waals surface area contributed by atoms with Crippen LogP contribution >= 0.6 is 0 Å². The molecule has 15 heavy (non-hydrogen) atoms. The minimum absolute atomic E-state index is 0.517. The molecule has 2 rings (SSSR count). The lowest BCUT2D eigenvalue weighted by atomic mass is 10.0. The Hall–Kier alpha value is -0.170. The van der Waals surface area contributed by atoms with Gasteiger partial charge >= 0.3 is 0 Å². The van der Waals surface area contributed by atoms with Gasteiger partial charge in [0.1, 0.15) is 0 Å². The van der Waals surface area contributed by atoms with Crippen LogP contribution in [0.15, 0.2) is 0 Å². The molecule has 88 valence electrons. The van der Waals surface area contributed by atoms with Gasteiger partial charge in [-0.2, -0.15) is 12.7 Å². The minimum atomic E-state index is -3.21. The highest BCUT2D eigenvalue weighted by Crippen LogP contribution is 2.27. The zero-order valence-electron chi connectivity index (χ0n) is 9.07. The van der Waals surface area contributed by atoms with Crippen LogP contribution in [0, 0.1) is 11.8 Å². The van der Waals surface area contributed by atoms with Crippen LogP contribution in [0.1, 0.15) is 13.3 Å². The van der Waals surface area contributed by atoms with Gasteiger partial charge in [-0.25, -0.2) is 4.72 Å². The van der Waals surface area contributed by atoms with Gasteiger partial charge in [-0.15, -0.1) is 0 Å². The zero-order valence-corrected chi connectivity index (χ0v) is 9.89. The van der Waals surface area contributed by atoms with E-state index in [4.69, 9.17) is 0 Å². The van der Waals surface area contributed by atoms with Crippen molar-refractivity contribution in [2.45, 2.75) is 13.3 Å². The van der Waals surface area contributed by atoms with Crippen molar-refractivity contribution < 1.29 is 8.42 Å². The smallest absolute Gasteiger partial charge is 0.279 e. The van der Waals surface area contributed by atoms with Crippen LogP contribution in [0.4, 0.5) is 0 Å². The second kappa shape index (κ2) is 4.37. The summed E-state index contributed by atoms with van der Waals surface area (Å²) in [6, 6.07) is 0. The van der Waals surface area contributed by atoms with Gasteiger partial charge in [0.05, 0.1) is 0 Å². The number of nitrogens with one attached hydrogen (secondary N) is 2. The molecular formula is C9H19N3O2S. The van der Waals surface area contributed by atoms with Gasteiger partial charge in [0.15, 0.2) is 0 Å². The molecule has 0 amide bonds. The van der Waals surface area contributed by atoms with Crippen molar-refractivity contribution in [1.29, 1.82) is 0 Å². The monoisotopic (exact) mass is 233 g/mol. The maximum Gasteiger partial charge on any atom is 0.279 e. The Kier molecular flexibility index (Phi) is 3.30. The van der Waals surface area contributed by atoms with Crippen molar-refractivity contribution in [3.05, 3.63) is 0 Å². The van der Waals surface area contributed by atoms with Crippen molar-refractivity contribution in [3.63, 3.8) is 0 Å². The molecule has 0 unspecified atom stereocenters. The van der Waals surface area contributed by atoms with Crippen molar-refractivity contribution in [2.24, 2.45) is 11.8 Å². The average molecular weight is 233 g/mol. The van der Waals surface area contributed by atoms with E-state index in [2.05, 4.69) is 10.0 Å². The Morgan fingerprint density at radius 2 is 1.93 bits per heavy atom. The molecular weight excluding hydrogens is 214 g/mol. The van der Waals surface area contributed by atoms with Crippen LogP contribution in [-0.2, 0) is 10.2 Å². The van der Waals surface area contributed by atoms with Gasteiger partial charge in [-0.1, -0.05) is 6.92 Å². The lowest BCUT2D eigenvalue weighted by Crippen LogP contribution is -2.41. The quantitative estimate of drug-likeness (QED) is 0.680. The first-order chi connectivity index (χ1) is 7.13. The van der Waals surface area contributed by atoms with E-state index in [1.807, 2.05) is 6.92 Å². The standard InChI is InChI=1S/C9H19N3O2S/c1-2-3-11-15(13,14)12-6-8-4-10-5-9(8)7-12/h8-11H,2-7H2,1H3/t8-,9+. The molecule has 2 fully saturated rings. The van der Waals surface area contributed by atoms with Crippen LogP contribution in [0.5, 0.6) is 0 Å². The Morgan fingerprint density at radius 3 is 2.47 bits per heavy atom. The molecule has 0 saturated carbocycles. The molecule has 0 aromatic carbocycles. The van der Waals surface area contributed by atoms with Gasteiger partial charge in [0.25, 0.3) is 10.2 Å². The normalized spacial score (nSPS) is 32.1. The molecule has 2 saturated heterocycles. The summed E-state index contributed by atoms with van der Waals surface area (Å²) in [5.41, 5.74) is 0. The second-order valence-corrected chi connectivity index (χ2v) is 6.15. The third kappa shape index (κ3) is 2.33. The molecule has 0 spiro atoms. The first-order valence-electron chi connectivity index (χ1n) is 5.59. The van der Waals surface area contributed by atoms with Gasteiger partial charge in [-0.05, 0) is 31.3 Å². The molecule has 2 atom stereocenters. The molecule has 6 heteroatoms. The fourth-order valence-electron chi connectivity index (χ4n) is 2.33. The Labute approximate surface area is 91.4 Å². The van der Waals surface area contributed by atoms with Crippen molar-refractivity contribution >= 4 is 10.2 Å². The highest BCUT2D eigenvalue weighted by Gasteiger charge is 2.40. The Bertz CT molecular complexity index is 305. The summed E-state index contributed by atoms with van der Waals surface area (Å²) in [5, 5.41) is 3.30. The fourth-order valence-corrected chi connectivity index (χ4v) is 3.75. The molecule has 0 aromatic rings. The van der Waals surface area contributed by atoms with E-state index in [1.165, 1.54) is 0 Å². The van der Waals surface area contributed by atoms with Crippen molar-refractivity contribution in [1.82, 2.24) is 14.3 Å². The van der Waals surface area contributed by atoms with E-state index >= 15 is 0 Å². The third-order valence-electron chi connectivity index (χ3n) is 3.23. The Morgan fingerprint density at radius 1 is 1.33 bits per heavy atom. The molecule has 0 aromatic heterocycles. The number of nitrogens with zero attached hydrogens (tertiary/aromatic N) is 1. The first kappa shape index (κ1) is 11.3. The van der Waals surface area contributed by atoms with Crippen molar-refractivity contribution in [2.75, 3.05) is 32.7 Å². The topological polar surface area (TPSA) is 61.4 Å². The molecule has 2 N–H and O–H groups in total. The number of fused-ring (bicyclic) bond motifs is 1. The summed E-state index contributed by atoms with van der Waals surface area (Å²) >= 11 is 0. The summed E-state index contributed by atoms with van der Waals surface area (Å²) in [7, 11) is -3.21. The second-order valence-electron chi connectivity index (χ2n) is 4.39. The molecule has 5 nitrogen and oxygen atoms in total. The summed E-state index contributed by atoms with van der Waals surface area (Å²) in [6.45, 7) is 5.78. The lowest BCUT2D eigenvalue weighted by Gasteiger charge is -2.17. The predicted molar refractivity (Wildman–Crippen MR) is 58.6 cm³/mol. The summed E-state index contributed by atoms with van der Waals surface area (Å²) in [5.74, 6) is 1.03. The summed E-state index contributed by atoms with van der Waals surface area (Å²) < 4.78 is 27.8. The van der Waals surface area contributed by atoms with Gasteiger partial charge in [0, 0.05) is 19.6 Å². The summed E-state index contributed by atoms with van der Waals surface area (Å²) in [6.07, 6.45) is 0.835. The third-order valence-corrected chi connectivity index (χ3v) is 4.78. The van der Waals surface area contributed by atoms with E-state index in [1.54, 1.807) is 4.31 Å². The molecule has 0 bridgehead atoms. The molecule has 0 radical (unpaired) electrons. The van der Waals surface area contributed by atoms with Crippen molar-refractivity contribution in [3.8, 4) is 0 Å². The maximum atomic E-state index is 11.8. The van der Waals surface area contributed by atoms with E-state index in [0.717, 1.165) is 19.5 Å². The highest BCUT2D eigenvalue weighted by molar-refractivity contribution is 7.87. The molecule has 2 aliphatic heterocycles. The SMILES string of the molecule is CCCNS(=O)(=O)N1C[C@H]2CNC[C@H]2C1. The fraction of sp³-hybridized carbons (Fsp3) is 1.00. The van der Waals surface area contributed by atoms with Gasteiger partial charge < -0.3 is 5.32 Å². The van der Waals surface area contributed by atoms with Gasteiger partial charge in [0.2, 0.25) is 0 Å². The van der Waals surface area contributed by atoms with E-state index < -0.39 is 10.2 Å². The number of rotatable bonds is 4. The van der Waals surface area contributed by atoms with E-state index in [9.17, 15) is 8.42 Å². The molecule has 0 aliphatic carbocycles. The van der Waals surface area contributed by atoms with E-state index in [0.29, 0.717) is 31.5 Å². The predicted octanol–water partition coefficient (Wildman–Crippen LogP) is -0.618. The van der Waals surface area contributed by atoms with Crippen LogP contribution in [0.3, 0.4) is 0 Å². The summed E-state index contributed by atoms with van der Waals surface area (Å²) in [4.78, 5) is 0. The van der Waals surface area contributed by atoms with Gasteiger partial charge in [-0.3, -0.25) is 0 Å². The van der Waals surface area contributed by atoms with E-state index in [-0.39, 0.29) is 0 Å². The lowest BCUT2D eigenvalue weighted by molar-refractivity contribution is 0.438. The first-order valence-corrected chi connectivity index (χ1v) is 7.03. The highest BCUT2D eigenvalue weighted by atomic mass is 32.2. The molecule has 2 aliphatic rings. The Balaban J connectivity index is 1.95. The average Bonchev–Trinajstić information content (AvgIpc) is 2.73. The van der Waals surface area contributed by atoms with Crippen LogP contribution < -0.4 is 10.0 Å². The largest absolute Gasteiger partial charge is 0.316 e. The number of hydrogen-bond donors (Lipinski definition) is 2. The minimum Gasteiger partial charge on any atom is -0.316 e. The maximum absolute atomic E-state index is 11.8.